The summed E-state index contributed by atoms with van der Waals surface area (Å²) in [5, 5.41) is 0. The van der Waals surface area contributed by atoms with Crippen LogP contribution in [0.2, 0.25) is 0 Å². The summed E-state index contributed by atoms with van der Waals surface area (Å²) in [6.45, 7) is 10.6. The van der Waals surface area contributed by atoms with Crippen LogP contribution >= 0.6 is 0 Å². The quantitative estimate of drug-likeness (QED) is 0.0505. The molecule has 0 spiro atoms. The number of unbranched alkanes of at least 4 members (excludes halogenated alkanes) is 3. The summed E-state index contributed by atoms with van der Waals surface area (Å²) >= 11 is 0. The zero-order chi connectivity index (χ0) is 47.5. The van der Waals surface area contributed by atoms with E-state index in [0.29, 0.717) is 72.3 Å². The zero-order valence-corrected chi connectivity index (χ0v) is 48.7. The number of hydrogen-bond acceptors (Lipinski definition) is 11. The van der Waals surface area contributed by atoms with Gasteiger partial charge in [0.25, 0.3) is 0 Å². The third-order valence-electron chi connectivity index (χ3n) is 12.4. The van der Waals surface area contributed by atoms with Gasteiger partial charge in [-0.3, -0.25) is 0 Å². The SMILES string of the molecule is CCCCOc1ccc(F)c(C2=C(/C=C/C3=[N+](CCCCS(=O)(=O)[O-])c4cc[c-]cc4C3(C)C)CCC/C2=C\C=C2\N(CCCCS(=O)(=O)[O-])c3ccc(S(=O)(=O)[O-])cc3C2(C)C)c1F.[Na+].[Na+].[Na+]. The Morgan fingerprint density at radius 3 is 2.13 bits per heavy atom. The smallest absolute Gasteiger partial charge is 0.748 e. The maximum atomic E-state index is 16.9. The summed E-state index contributed by atoms with van der Waals surface area (Å²) in [6.07, 6.45) is 11.3. The first kappa shape index (κ1) is 60.8. The van der Waals surface area contributed by atoms with Crippen molar-refractivity contribution < 1.29 is 146 Å². The molecular formula is C48H55F2N2Na3O10S3. The van der Waals surface area contributed by atoms with Crippen LogP contribution in [-0.2, 0) is 41.2 Å². The van der Waals surface area contributed by atoms with Crippen LogP contribution in [0.15, 0.2) is 94.6 Å². The number of halogens is 2. The maximum Gasteiger partial charge on any atom is 1.00 e. The van der Waals surface area contributed by atoms with Gasteiger partial charge in [-0.15, -0.1) is 6.07 Å². The average molecular weight is 1020 g/mol. The van der Waals surface area contributed by atoms with Crippen LogP contribution in [0.5, 0.6) is 5.75 Å². The van der Waals surface area contributed by atoms with Gasteiger partial charge < -0.3 is 23.3 Å². The minimum absolute atomic E-state index is 0. The molecule has 12 nitrogen and oxygen atoms in total. The second-order valence-corrected chi connectivity index (χ2v) is 22.1. The number of anilines is 1. The molecule has 0 N–H and O–H groups in total. The minimum atomic E-state index is -4.82. The van der Waals surface area contributed by atoms with Crippen molar-refractivity contribution in [3.8, 4) is 5.75 Å². The number of rotatable bonds is 19. The molecule has 2 aliphatic heterocycles. The molecule has 0 fully saturated rings. The van der Waals surface area contributed by atoms with E-state index in [1.54, 1.807) is 18.2 Å². The van der Waals surface area contributed by atoms with Crippen LogP contribution < -0.4 is 98.3 Å². The average Bonchev–Trinajstić information content (AvgIpc) is 3.57. The molecule has 3 aromatic carbocycles. The van der Waals surface area contributed by atoms with Gasteiger partial charge in [-0.1, -0.05) is 58.8 Å². The molecule has 0 amide bonds. The number of fused-ring (bicyclic) bond motifs is 2. The van der Waals surface area contributed by atoms with Crippen LogP contribution in [0.3, 0.4) is 0 Å². The summed E-state index contributed by atoms with van der Waals surface area (Å²) in [7, 11) is -13.7. The largest absolute Gasteiger partial charge is 1.00 e. The minimum Gasteiger partial charge on any atom is -0.748 e. The van der Waals surface area contributed by atoms with Gasteiger partial charge >= 0.3 is 88.7 Å². The molecule has 6 rings (SSSR count). The van der Waals surface area contributed by atoms with Gasteiger partial charge in [-0.05, 0) is 104 Å². The Balaban J connectivity index is 0.00000408. The molecule has 0 radical (unpaired) electrons. The second kappa shape index (κ2) is 24.9. The van der Waals surface area contributed by atoms with Crippen molar-refractivity contribution in [2.45, 2.75) is 108 Å². The van der Waals surface area contributed by atoms with Crippen molar-refractivity contribution in [2.24, 2.45) is 0 Å². The van der Waals surface area contributed by atoms with Crippen LogP contribution in [0, 0.1) is 17.7 Å². The van der Waals surface area contributed by atoms with Gasteiger partial charge in [0.15, 0.2) is 17.3 Å². The van der Waals surface area contributed by atoms with Gasteiger partial charge in [-0.2, -0.15) is 18.2 Å². The first-order chi connectivity index (χ1) is 30.5. The van der Waals surface area contributed by atoms with Crippen molar-refractivity contribution in [1.29, 1.82) is 0 Å². The Morgan fingerprint density at radius 2 is 1.49 bits per heavy atom. The molecule has 0 aromatic heterocycles. The van der Waals surface area contributed by atoms with Gasteiger partial charge in [0, 0.05) is 52.8 Å². The van der Waals surface area contributed by atoms with Crippen molar-refractivity contribution in [1.82, 2.24) is 0 Å². The molecule has 0 saturated heterocycles. The van der Waals surface area contributed by atoms with E-state index < -0.39 is 69.2 Å². The fraction of sp³-hybridized carbons (Fsp3) is 0.438. The van der Waals surface area contributed by atoms with Gasteiger partial charge in [0.2, 0.25) is 0 Å². The Bertz CT molecular complexity index is 2840. The van der Waals surface area contributed by atoms with Crippen LogP contribution in [0.25, 0.3) is 5.57 Å². The van der Waals surface area contributed by atoms with E-state index in [1.807, 2.05) is 63.8 Å². The van der Waals surface area contributed by atoms with E-state index >= 15 is 8.78 Å². The third kappa shape index (κ3) is 14.4. The summed E-state index contributed by atoms with van der Waals surface area (Å²) < 4.78 is 146. The molecule has 3 aromatic rings. The van der Waals surface area contributed by atoms with E-state index in [-0.39, 0.29) is 132 Å². The molecule has 0 unspecified atom stereocenters. The van der Waals surface area contributed by atoms with E-state index in [0.717, 1.165) is 23.4 Å². The molecule has 2 heterocycles. The molecular weight excluding hydrogens is 968 g/mol. The Labute approximate surface area is 467 Å². The summed E-state index contributed by atoms with van der Waals surface area (Å²) in [4.78, 5) is 1.47. The van der Waals surface area contributed by atoms with E-state index in [1.165, 1.54) is 30.3 Å². The predicted molar refractivity (Wildman–Crippen MR) is 243 cm³/mol. The Kier molecular flexibility index (Phi) is 22.3. The number of hydrogen-bond donors (Lipinski definition) is 0. The van der Waals surface area contributed by atoms with Crippen LogP contribution in [-0.4, -0.2) is 80.4 Å². The zero-order valence-electron chi connectivity index (χ0n) is 40.3. The van der Waals surface area contributed by atoms with Gasteiger partial charge in [0.1, 0.15) is 28.2 Å². The fourth-order valence-corrected chi connectivity index (χ4v) is 10.7. The molecule has 20 heteroatoms. The molecule has 68 heavy (non-hydrogen) atoms. The number of nitrogens with zero attached hydrogens (tertiary/aromatic N) is 2. The molecule has 0 atom stereocenters. The summed E-state index contributed by atoms with van der Waals surface area (Å²) in [5.41, 5.74) is 4.32. The maximum absolute atomic E-state index is 16.9. The van der Waals surface area contributed by atoms with Crippen molar-refractivity contribution in [3.63, 3.8) is 0 Å². The van der Waals surface area contributed by atoms with E-state index in [9.17, 15) is 38.9 Å². The molecule has 3 aliphatic rings. The van der Waals surface area contributed by atoms with Crippen LogP contribution in [0.1, 0.15) is 109 Å². The monoisotopic (exact) mass is 1020 g/mol. The first-order valence-electron chi connectivity index (χ1n) is 21.8. The fourth-order valence-electron chi connectivity index (χ4n) is 9.09. The molecule has 352 valence electrons. The molecule has 1 aliphatic carbocycles. The summed E-state index contributed by atoms with van der Waals surface area (Å²) in [6, 6.07) is 15.3. The Hall–Kier alpha value is -1.52. The molecule has 0 bridgehead atoms. The van der Waals surface area contributed by atoms with E-state index in [4.69, 9.17) is 4.74 Å². The number of ether oxygens (including phenoxy) is 1. The second-order valence-electron chi connectivity index (χ2n) is 17.7. The van der Waals surface area contributed by atoms with Crippen molar-refractivity contribution in [3.05, 3.63) is 124 Å². The standard InChI is InChI=1S/C48H58F2N2O10S3.3Na/c1-6-7-29-62-41-24-22-38(49)45(46(41)50)44-33(19-25-42-47(2,3)36-17-8-9-18-39(36)51(42)27-10-12-30-63(53,54)55)15-14-16-34(44)20-26-43-48(4,5)37-32-35(65(59,60)61)21-23-40(37)52(43)28-11-13-31-64(56,57)58;;;/h9,17-26,32H,6-7,10-16,27-31H2,1-5H3,(H,53,54,55)(H,56,57,58)(H,59,60,61);;;/q;3*+1/p-3. The topological polar surface area (TPSA) is 187 Å². The predicted octanol–water partition coefficient (Wildman–Crippen LogP) is -0.311. The van der Waals surface area contributed by atoms with E-state index in [2.05, 4.69) is 10.6 Å². The van der Waals surface area contributed by atoms with Gasteiger partial charge in [-0.25, -0.2) is 38.6 Å². The Morgan fingerprint density at radius 1 is 0.809 bits per heavy atom. The summed E-state index contributed by atoms with van der Waals surface area (Å²) in [5.74, 6) is -2.81. The molecule has 0 saturated carbocycles. The number of allylic oxidation sites excluding steroid dienone is 8. The third-order valence-corrected chi connectivity index (χ3v) is 14.8. The van der Waals surface area contributed by atoms with Gasteiger partial charge in [0.05, 0.1) is 37.3 Å². The van der Waals surface area contributed by atoms with Crippen molar-refractivity contribution in [2.75, 3.05) is 36.1 Å². The van der Waals surface area contributed by atoms with Crippen LogP contribution in [0.4, 0.5) is 20.2 Å². The number of benzene rings is 3. The van der Waals surface area contributed by atoms with Crippen molar-refractivity contribution >= 4 is 53.0 Å². The normalized spacial score (nSPS) is 17.8. The first-order valence-corrected chi connectivity index (χ1v) is 26.4.